The van der Waals surface area contributed by atoms with Crippen LogP contribution >= 0.6 is 22.9 Å². The van der Waals surface area contributed by atoms with E-state index in [1.807, 2.05) is 0 Å². The van der Waals surface area contributed by atoms with E-state index in [1.54, 1.807) is 12.1 Å². The highest BCUT2D eigenvalue weighted by Gasteiger charge is 2.29. The maximum atomic E-state index is 12.3. The van der Waals surface area contributed by atoms with E-state index in [1.165, 1.54) is 30.6 Å². The summed E-state index contributed by atoms with van der Waals surface area (Å²) in [6.07, 6.45) is 2.63. The van der Waals surface area contributed by atoms with Crippen molar-refractivity contribution in [2.75, 3.05) is 19.0 Å². The number of anilines is 1. The van der Waals surface area contributed by atoms with Gasteiger partial charge in [0.25, 0.3) is 5.91 Å². The van der Waals surface area contributed by atoms with Crippen molar-refractivity contribution in [3.63, 3.8) is 0 Å². The SMILES string of the molecule is COC(=O)c1c(NC(=O)COC(=O)c2ccc(Cl)cc2)sc2c1CCC(C)C2. The predicted octanol–water partition coefficient (Wildman–Crippen LogP) is 4.11. The van der Waals surface area contributed by atoms with Gasteiger partial charge in [0.15, 0.2) is 6.61 Å². The van der Waals surface area contributed by atoms with Crippen molar-refractivity contribution in [1.29, 1.82) is 0 Å². The Kier molecular flexibility index (Phi) is 6.36. The van der Waals surface area contributed by atoms with Crippen LogP contribution in [0.5, 0.6) is 0 Å². The van der Waals surface area contributed by atoms with Crippen LogP contribution in [-0.2, 0) is 27.1 Å². The lowest BCUT2D eigenvalue weighted by Crippen LogP contribution is -2.22. The molecule has 0 bridgehead atoms. The first-order chi connectivity index (χ1) is 13.4. The molecular weight excluding hydrogens is 402 g/mol. The number of hydrogen-bond donors (Lipinski definition) is 1. The second kappa shape index (κ2) is 8.75. The third-order valence-corrected chi connectivity index (χ3v) is 5.99. The number of rotatable bonds is 5. The number of amides is 1. The Morgan fingerprint density at radius 3 is 2.61 bits per heavy atom. The van der Waals surface area contributed by atoms with Gasteiger partial charge >= 0.3 is 11.9 Å². The van der Waals surface area contributed by atoms with Crippen LogP contribution < -0.4 is 5.32 Å². The van der Waals surface area contributed by atoms with Crippen LogP contribution in [0.4, 0.5) is 5.00 Å². The van der Waals surface area contributed by atoms with Gasteiger partial charge in [-0.15, -0.1) is 11.3 Å². The van der Waals surface area contributed by atoms with Gasteiger partial charge in [-0.05, 0) is 55.0 Å². The van der Waals surface area contributed by atoms with E-state index >= 15 is 0 Å². The molecule has 0 saturated heterocycles. The van der Waals surface area contributed by atoms with Crippen LogP contribution in [0.2, 0.25) is 5.02 Å². The van der Waals surface area contributed by atoms with Crippen molar-refractivity contribution in [1.82, 2.24) is 0 Å². The molecule has 1 aromatic carbocycles. The van der Waals surface area contributed by atoms with Gasteiger partial charge in [-0.25, -0.2) is 9.59 Å². The Bertz CT molecular complexity index is 906. The number of nitrogens with one attached hydrogen (secondary N) is 1. The number of thiophene rings is 1. The molecule has 1 unspecified atom stereocenters. The Morgan fingerprint density at radius 1 is 1.21 bits per heavy atom. The predicted molar refractivity (Wildman–Crippen MR) is 107 cm³/mol. The van der Waals surface area contributed by atoms with Crippen LogP contribution in [0.3, 0.4) is 0 Å². The number of esters is 2. The first kappa shape index (κ1) is 20.4. The van der Waals surface area contributed by atoms with Crippen molar-refractivity contribution in [2.45, 2.75) is 26.2 Å². The molecule has 1 atom stereocenters. The maximum Gasteiger partial charge on any atom is 0.341 e. The van der Waals surface area contributed by atoms with Crippen molar-refractivity contribution >= 4 is 45.8 Å². The number of methoxy groups -OCH3 is 1. The molecule has 0 radical (unpaired) electrons. The molecule has 0 saturated carbocycles. The topological polar surface area (TPSA) is 81.7 Å². The van der Waals surface area contributed by atoms with Crippen LogP contribution in [-0.4, -0.2) is 31.6 Å². The third kappa shape index (κ3) is 4.54. The molecular formula is C20H20ClNO5S. The number of carbonyl (C=O) groups excluding carboxylic acids is 3. The molecule has 1 heterocycles. The average molecular weight is 422 g/mol. The lowest BCUT2D eigenvalue weighted by Gasteiger charge is -2.18. The van der Waals surface area contributed by atoms with E-state index in [4.69, 9.17) is 21.1 Å². The lowest BCUT2D eigenvalue weighted by atomic mass is 9.88. The van der Waals surface area contributed by atoms with Gasteiger partial charge in [0.1, 0.15) is 5.00 Å². The summed E-state index contributed by atoms with van der Waals surface area (Å²) >= 11 is 7.17. The second-order valence-electron chi connectivity index (χ2n) is 6.68. The average Bonchev–Trinajstić information content (AvgIpc) is 3.02. The molecule has 3 rings (SSSR count). The highest BCUT2D eigenvalue weighted by atomic mass is 35.5. The molecule has 8 heteroatoms. The number of carbonyl (C=O) groups is 3. The van der Waals surface area contributed by atoms with E-state index in [0.29, 0.717) is 27.1 Å². The molecule has 0 aliphatic heterocycles. The minimum Gasteiger partial charge on any atom is -0.465 e. The van der Waals surface area contributed by atoms with Gasteiger partial charge in [-0.2, -0.15) is 0 Å². The summed E-state index contributed by atoms with van der Waals surface area (Å²) in [6, 6.07) is 6.18. The molecule has 0 fully saturated rings. The minimum absolute atomic E-state index is 0.299. The molecule has 1 amide bonds. The van der Waals surface area contributed by atoms with Gasteiger partial charge in [-0.3, -0.25) is 4.79 Å². The molecule has 2 aromatic rings. The molecule has 148 valence electrons. The van der Waals surface area contributed by atoms with Crippen LogP contribution in [0.1, 0.15) is 44.5 Å². The summed E-state index contributed by atoms with van der Waals surface area (Å²) in [5.41, 5.74) is 1.66. The quantitative estimate of drug-likeness (QED) is 0.735. The fraction of sp³-hybridized carbons (Fsp3) is 0.350. The zero-order valence-electron chi connectivity index (χ0n) is 15.5. The second-order valence-corrected chi connectivity index (χ2v) is 8.22. The van der Waals surface area contributed by atoms with Gasteiger partial charge < -0.3 is 14.8 Å². The third-order valence-electron chi connectivity index (χ3n) is 4.57. The molecule has 1 aromatic heterocycles. The van der Waals surface area contributed by atoms with E-state index < -0.39 is 24.5 Å². The Hall–Kier alpha value is -2.38. The first-order valence-electron chi connectivity index (χ1n) is 8.84. The van der Waals surface area contributed by atoms with Gasteiger partial charge in [0.05, 0.1) is 18.2 Å². The number of fused-ring (bicyclic) bond motifs is 1. The fourth-order valence-corrected chi connectivity index (χ4v) is 4.66. The van der Waals surface area contributed by atoms with Crippen LogP contribution in [0, 0.1) is 5.92 Å². The number of halogens is 1. The summed E-state index contributed by atoms with van der Waals surface area (Å²) in [7, 11) is 1.32. The van der Waals surface area contributed by atoms with Crippen LogP contribution in [0.15, 0.2) is 24.3 Å². The molecule has 1 N–H and O–H groups in total. The lowest BCUT2D eigenvalue weighted by molar-refractivity contribution is -0.119. The number of hydrogen-bond acceptors (Lipinski definition) is 6. The summed E-state index contributed by atoms with van der Waals surface area (Å²) in [6.45, 7) is 1.70. The summed E-state index contributed by atoms with van der Waals surface area (Å²) in [5.74, 6) is -1.08. The summed E-state index contributed by atoms with van der Waals surface area (Å²) in [4.78, 5) is 37.6. The van der Waals surface area contributed by atoms with Gasteiger partial charge in [0, 0.05) is 9.90 Å². The van der Waals surface area contributed by atoms with Gasteiger partial charge in [0.2, 0.25) is 0 Å². The van der Waals surface area contributed by atoms with Crippen molar-refractivity contribution < 1.29 is 23.9 Å². The maximum absolute atomic E-state index is 12.3. The summed E-state index contributed by atoms with van der Waals surface area (Å²) in [5, 5.41) is 3.64. The van der Waals surface area contributed by atoms with E-state index in [-0.39, 0.29) is 0 Å². The Morgan fingerprint density at radius 2 is 1.93 bits per heavy atom. The molecule has 6 nitrogen and oxygen atoms in total. The Labute approximate surface area is 171 Å². The number of ether oxygens (including phenoxy) is 2. The minimum atomic E-state index is -0.626. The van der Waals surface area contributed by atoms with Crippen molar-refractivity contribution in [3.05, 3.63) is 50.9 Å². The normalized spacial score (nSPS) is 15.5. The van der Waals surface area contributed by atoms with Crippen LogP contribution in [0.25, 0.3) is 0 Å². The molecule has 28 heavy (non-hydrogen) atoms. The van der Waals surface area contributed by atoms with Crippen molar-refractivity contribution in [2.24, 2.45) is 5.92 Å². The highest BCUT2D eigenvalue weighted by molar-refractivity contribution is 7.17. The standard InChI is InChI=1S/C20H20ClNO5S/c1-11-3-8-14-15(9-11)28-18(17(14)20(25)26-2)22-16(23)10-27-19(24)12-4-6-13(21)7-5-12/h4-7,11H,3,8-10H2,1-2H3,(H,22,23). The molecule has 0 spiro atoms. The highest BCUT2D eigenvalue weighted by Crippen LogP contribution is 2.40. The largest absolute Gasteiger partial charge is 0.465 e. The fourth-order valence-electron chi connectivity index (χ4n) is 3.12. The van der Waals surface area contributed by atoms with Gasteiger partial charge in [-0.1, -0.05) is 18.5 Å². The van der Waals surface area contributed by atoms with Crippen molar-refractivity contribution in [3.8, 4) is 0 Å². The van der Waals surface area contributed by atoms with E-state index in [9.17, 15) is 14.4 Å². The number of benzene rings is 1. The molecule has 1 aliphatic carbocycles. The molecule has 1 aliphatic rings. The first-order valence-corrected chi connectivity index (χ1v) is 10.0. The Balaban J connectivity index is 1.69. The monoisotopic (exact) mass is 421 g/mol. The van der Waals surface area contributed by atoms with E-state index in [0.717, 1.165) is 29.7 Å². The van der Waals surface area contributed by atoms with E-state index in [2.05, 4.69) is 12.2 Å². The smallest absolute Gasteiger partial charge is 0.341 e. The zero-order valence-corrected chi connectivity index (χ0v) is 17.1. The summed E-state index contributed by atoms with van der Waals surface area (Å²) < 4.78 is 9.94. The zero-order chi connectivity index (χ0) is 20.3.